The number of carbonyl (C=O) groups excluding carboxylic acids is 1. The highest BCUT2D eigenvalue weighted by Gasteiger charge is 2.23. The van der Waals surface area contributed by atoms with E-state index < -0.39 is 0 Å². The number of oxazole rings is 1. The first-order valence-corrected chi connectivity index (χ1v) is 7.50. The number of amides is 1. The van der Waals surface area contributed by atoms with Gasteiger partial charge in [-0.2, -0.15) is 0 Å². The molecule has 0 radical (unpaired) electrons. The predicted molar refractivity (Wildman–Crippen MR) is 84.8 cm³/mol. The standard InChI is InChI=1S/C17H15N3O3/c21-15(12-7-9-22-10-12)19-13-5-3-11(4-6-13)16-20-14-2-1-8-18-17(14)23-16/h1-6,8,12H,7,9-10H2,(H,19,21). The number of nitrogens with one attached hydrogen (secondary N) is 1. The van der Waals surface area contributed by atoms with Crippen LogP contribution in [0.1, 0.15) is 6.42 Å². The second-order valence-electron chi connectivity index (χ2n) is 5.47. The lowest BCUT2D eigenvalue weighted by Gasteiger charge is -2.09. The summed E-state index contributed by atoms with van der Waals surface area (Å²) in [5, 5.41) is 2.91. The maximum absolute atomic E-state index is 12.1. The first kappa shape index (κ1) is 13.9. The molecule has 6 heteroatoms. The molecule has 1 aliphatic heterocycles. The van der Waals surface area contributed by atoms with Gasteiger partial charge >= 0.3 is 0 Å². The summed E-state index contributed by atoms with van der Waals surface area (Å²) in [6, 6.07) is 11.1. The van der Waals surface area contributed by atoms with Gasteiger partial charge in [0.15, 0.2) is 0 Å². The fourth-order valence-corrected chi connectivity index (χ4v) is 2.58. The lowest BCUT2D eigenvalue weighted by Crippen LogP contribution is -2.22. The Labute approximate surface area is 132 Å². The Hall–Kier alpha value is -2.73. The van der Waals surface area contributed by atoms with Crippen molar-refractivity contribution in [2.24, 2.45) is 5.92 Å². The molecule has 1 saturated heterocycles. The van der Waals surface area contributed by atoms with Gasteiger partial charge < -0.3 is 14.5 Å². The molecule has 3 aromatic rings. The normalized spacial score (nSPS) is 17.5. The molecule has 1 aromatic carbocycles. The number of anilines is 1. The quantitative estimate of drug-likeness (QED) is 0.805. The third kappa shape index (κ3) is 2.80. The van der Waals surface area contributed by atoms with E-state index in [1.54, 1.807) is 6.20 Å². The number of hydrogen-bond acceptors (Lipinski definition) is 5. The summed E-state index contributed by atoms with van der Waals surface area (Å²) in [6.45, 7) is 1.16. The van der Waals surface area contributed by atoms with Gasteiger partial charge in [-0.15, -0.1) is 0 Å². The molecule has 6 nitrogen and oxygen atoms in total. The number of aromatic nitrogens is 2. The van der Waals surface area contributed by atoms with Gasteiger partial charge in [0.05, 0.1) is 12.5 Å². The topological polar surface area (TPSA) is 77.3 Å². The SMILES string of the molecule is O=C(Nc1ccc(-c2nc3cccnc3o2)cc1)C1CCOC1. The molecule has 23 heavy (non-hydrogen) atoms. The molecule has 116 valence electrons. The number of carbonyl (C=O) groups is 1. The van der Waals surface area contributed by atoms with Crippen LogP contribution in [0.4, 0.5) is 5.69 Å². The maximum atomic E-state index is 12.1. The van der Waals surface area contributed by atoms with Crippen LogP contribution in [-0.4, -0.2) is 29.1 Å². The molecule has 4 rings (SSSR count). The molecule has 1 atom stereocenters. The summed E-state index contributed by atoms with van der Waals surface area (Å²) < 4.78 is 10.9. The highest BCUT2D eigenvalue weighted by molar-refractivity contribution is 5.93. The molecular formula is C17H15N3O3. The first-order valence-electron chi connectivity index (χ1n) is 7.50. The van der Waals surface area contributed by atoms with Crippen LogP contribution in [0.25, 0.3) is 22.7 Å². The van der Waals surface area contributed by atoms with E-state index in [9.17, 15) is 4.79 Å². The van der Waals surface area contributed by atoms with E-state index in [1.807, 2.05) is 36.4 Å². The number of fused-ring (bicyclic) bond motifs is 1. The van der Waals surface area contributed by atoms with Gasteiger partial charge in [0.25, 0.3) is 0 Å². The van der Waals surface area contributed by atoms with Crippen LogP contribution in [0.3, 0.4) is 0 Å². The summed E-state index contributed by atoms with van der Waals surface area (Å²) in [5.41, 5.74) is 2.83. The fourth-order valence-electron chi connectivity index (χ4n) is 2.58. The Kier molecular flexibility index (Phi) is 3.51. The van der Waals surface area contributed by atoms with E-state index in [0.29, 0.717) is 24.8 Å². The van der Waals surface area contributed by atoms with Crippen LogP contribution in [0.2, 0.25) is 0 Å². The number of hydrogen-bond donors (Lipinski definition) is 1. The van der Waals surface area contributed by atoms with Crippen LogP contribution >= 0.6 is 0 Å². The van der Waals surface area contributed by atoms with Gasteiger partial charge in [-0.25, -0.2) is 9.97 Å². The predicted octanol–water partition coefficient (Wildman–Crippen LogP) is 2.86. The molecule has 1 amide bonds. The fraction of sp³-hybridized carbons (Fsp3) is 0.235. The molecule has 0 aliphatic carbocycles. The molecule has 0 bridgehead atoms. The Balaban J connectivity index is 1.52. The van der Waals surface area contributed by atoms with Gasteiger partial charge in [0, 0.05) is 24.1 Å². The molecule has 1 fully saturated rings. The average Bonchev–Trinajstić information content (AvgIpc) is 3.25. The first-order chi connectivity index (χ1) is 11.3. The maximum Gasteiger partial charge on any atom is 0.247 e. The summed E-state index contributed by atoms with van der Waals surface area (Å²) in [7, 11) is 0. The van der Waals surface area contributed by atoms with E-state index in [2.05, 4.69) is 15.3 Å². The van der Waals surface area contributed by atoms with Crippen molar-refractivity contribution in [2.75, 3.05) is 18.5 Å². The lowest BCUT2D eigenvalue weighted by atomic mass is 10.1. The van der Waals surface area contributed by atoms with Crippen molar-refractivity contribution >= 4 is 22.8 Å². The Bertz CT molecular complexity index is 803. The van der Waals surface area contributed by atoms with Crippen LogP contribution < -0.4 is 5.32 Å². The highest BCUT2D eigenvalue weighted by atomic mass is 16.5. The van der Waals surface area contributed by atoms with Crippen molar-refractivity contribution in [3.8, 4) is 11.5 Å². The number of rotatable bonds is 3. The zero-order valence-electron chi connectivity index (χ0n) is 12.4. The number of benzene rings is 1. The summed E-state index contributed by atoms with van der Waals surface area (Å²) >= 11 is 0. The minimum Gasteiger partial charge on any atom is -0.418 e. The van der Waals surface area contributed by atoms with Crippen molar-refractivity contribution in [3.63, 3.8) is 0 Å². The van der Waals surface area contributed by atoms with E-state index in [-0.39, 0.29) is 11.8 Å². The third-order valence-electron chi connectivity index (χ3n) is 3.87. The van der Waals surface area contributed by atoms with E-state index >= 15 is 0 Å². The minimum atomic E-state index is -0.0576. The van der Waals surface area contributed by atoms with Crippen LogP contribution in [0.5, 0.6) is 0 Å². The lowest BCUT2D eigenvalue weighted by molar-refractivity contribution is -0.119. The van der Waals surface area contributed by atoms with Gasteiger partial charge in [-0.05, 0) is 42.8 Å². The van der Waals surface area contributed by atoms with Gasteiger partial charge in [-0.1, -0.05) is 0 Å². The minimum absolute atomic E-state index is 0.00121. The number of nitrogens with zero attached hydrogens (tertiary/aromatic N) is 2. The van der Waals surface area contributed by atoms with Crippen molar-refractivity contribution < 1.29 is 13.9 Å². The number of pyridine rings is 1. The number of ether oxygens (including phenoxy) is 1. The second-order valence-corrected chi connectivity index (χ2v) is 5.47. The molecule has 0 saturated carbocycles. The van der Waals surface area contributed by atoms with Gasteiger partial charge in [0.1, 0.15) is 5.52 Å². The van der Waals surface area contributed by atoms with Crippen LogP contribution in [0.15, 0.2) is 47.0 Å². The van der Waals surface area contributed by atoms with Gasteiger partial charge in [-0.3, -0.25) is 4.79 Å². The van der Waals surface area contributed by atoms with Crippen molar-refractivity contribution in [1.29, 1.82) is 0 Å². The smallest absolute Gasteiger partial charge is 0.247 e. The van der Waals surface area contributed by atoms with Crippen molar-refractivity contribution in [1.82, 2.24) is 9.97 Å². The second kappa shape index (κ2) is 5.81. The van der Waals surface area contributed by atoms with Gasteiger partial charge in [0.2, 0.25) is 17.5 Å². The zero-order chi connectivity index (χ0) is 15.6. The molecule has 1 N–H and O–H groups in total. The summed E-state index contributed by atoms with van der Waals surface area (Å²) in [5.74, 6) is 0.458. The van der Waals surface area contributed by atoms with Crippen molar-refractivity contribution in [2.45, 2.75) is 6.42 Å². The monoisotopic (exact) mass is 309 g/mol. The molecule has 1 aliphatic rings. The molecule has 0 spiro atoms. The molecular weight excluding hydrogens is 294 g/mol. The van der Waals surface area contributed by atoms with Crippen LogP contribution in [-0.2, 0) is 9.53 Å². The van der Waals surface area contributed by atoms with Crippen molar-refractivity contribution in [3.05, 3.63) is 42.6 Å². The van der Waals surface area contributed by atoms with E-state index in [0.717, 1.165) is 23.2 Å². The Morgan fingerprint density at radius 3 is 2.83 bits per heavy atom. The zero-order valence-corrected chi connectivity index (χ0v) is 12.4. The highest BCUT2D eigenvalue weighted by Crippen LogP contribution is 2.24. The molecule has 2 aromatic heterocycles. The molecule has 1 unspecified atom stereocenters. The Morgan fingerprint density at radius 2 is 2.09 bits per heavy atom. The van der Waals surface area contributed by atoms with E-state index in [4.69, 9.17) is 9.15 Å². The summed E-state index contributed by atoms with van der Waals surface area (Å²) in [6.07, 6.45) is 2.45. The van der Waals surface area contributed by atoms with Crippen LogP contribution in [0, 0.1) is 5.92 Å². The van der Waals surface area contributed by atoms with E-state index in [1.165, 1.54) is 0 Å². The third-order valence-corrected chi connectivity index (χ3v) is 3.87. The molecule has 3 heterocycles. The Morgan fingerprint density at radius 1 is 1.22 bits per heavy atom. The summed E-state index contributed by atoms with van der Waals surface area (Å²) in [4.78, 5) is 20.6. The average molecular weight is 309 g/mol. The largest absolute Gasteiger partial charge is 0.418 e.